The lowest BCUT2D eigenvalue weighted by atomic mass is 10.0. The third kappa shape index (κ3) is 7.51. The van der Waals surface area contributed by atoms with Gasteiger partial charge in [0, 0.05) is 31.6 Å². The molecule has 5 atom stereocenters. The summed E-state index contributed by atoms with van der Waals surface area (Å²) in [7, 11) is -3.83. The molecule has 3 fully saturated rings. The number of benzene rings is 1. The highest BCUT2D eigenvalue weighted by Gasteiger charge is 2.62. The Hall–Kier alpha value is -3.45. The predicted molar refractivity (Wildman–Crippen MR) is 174 cm³/mol. The van der Waals surface area contributed by atoms with E-state index in [4.69, 9.17) is 4.74 Å². The Bertz CT molecular complexity index is 1530. The number of fused-ring (bicyclic) bond motifs is 3. The van der Waals surface area contributed by atoms with Gasteiger partial charge in [-0.2, -0.15) is 0 Å². The van der Waals surface area contributed by atoms with Crippen LogP contribution in [-0.2, 0) is 42.2 Å². The van der Waals surface area contributed by atoms with Crippen LogP contribution >= 0.6 is 0 Å². The molecule has 0 bridgehead atoms. The molecule has 5 aliphatic rings. The van der Waals surface area contributed by atoms with Crippen LogP contribution in [0.5, 0.6) is 0 Å². The summed E-state index contributed by atoms with van der Waals surface area (Å²) in [5, 5.41) is 5.13. The molecule has 0 radical (unpaired) electrons. The van der Waals surface area contributed by atoms with E-state index in [1.165, 1.54) is 11.1 Å². The summed E-state index contributed by atoms with van der Waals surface area (Å²) in [4.78, 5) is 58.9. The van der Waals surface area contributed by atoms with Gasteiger partial charge in [0.25, 0.3) is 5.91 Å². The molecule has 12 nitrogen and oxygen atoms in total. The van der Waals surface area contributed by atoms with Crippen LogP contribution in [0.15, 0.2) is 36.4 Å². The Morgan fingerprint density at radius 3 is 2.38 bits per heavy atom. The lowest BCUT2D eigenvalue weighted by Gasteiger charge is -2.30. The number of carbonyl (C=O) groups excluding carboxylic acids is 4. The largest absolute Gasteiger partial charge is 0.444 e. The lowest BCUT2D eigenvalue weighted by molar-refractivity contribution is -0.141. The highest BCUT2D eigenvalue weighted by Crippen LogP contribution is 2.46. The third-order valence-corrected chi connectivity index (χ3v) is 11.8. The number of alkyl carbamates (subject to hydrolysis) is 1. The zero-order chi connectivity index (χ0) is 33.6. The summed E-state index contributed by atoms with van der Waals surface area (Å²) in [6.45, 7) is 6.92. The van der Waals surface area contributed by atoms with Gasteiger partial charge in [-0.05, 0) is 76.8 Å². The van der Waals surface area contributed by atoms with Crippen molar-refractivity contribution in [2.24, 2.45) is 5.92 Å². The second-order valence-corrected chi connectivity index (χ2v) is 16.7. The van der Waals surface area contributed by atoms with Gasteiger partial charge in [0.1, 0.15) is 23.2 Å². The predicted octanol–water partition coefficient (Wildman–Crippen LogP) is 2.87. The van der Waals surface area contributed by atoms with Gasteiger partial charge in [-0.1, -0.05) is 49.3 Å². The number of allylic oxidation sites excluding steroid dienone is 1. The molecule has 3 N–H and O–H groups in total. The van der Waals surface area contributed by atoms with Crippen molar-refractivity contribution in [1.82, 2.24) is 25.2 Å². The number of sulfonamides is 1. The molecule has 0 aromatic heterocycles. The van der Waals surface area contributed by atoms with Crippen LogP contribution in [0, 0.1) is 5.92 Å². The molecule has 256 valence electrons. The maximum atomic E-state index is 14.4. The topological polar surface area (TPSA) is 154 Å². The van der Waals surface area contributed by atoms with E-state index < -0.39 is 56.4 Å². The maximum Gasteiger partial charge on any atom is 0.408 e. The molecule has 6 rings (SSSR count). The fourth-order valence-corrected chi connectivity index (χ4v) is 8.47. The first-order chi connectivity index (χ1) is 22.3. The van der Waals surface area contributed by atoms with E-state index in [9.17, 15) is 27.6 Å². The molecular formula is C34H47N5O7S. The third-order valence-electron chi connectivity index (χ3n) is 9.93. The highest BCUT2D eigenvalue weighted by atomic mass is 32.2. The average molecular weight is 670 g/mol. The summed E-state index contributed by atoms with van der Waals surface area (Å²) in [6, 6.07) is 6.21. The SMILES string of the molecule is CC(C)(C)OC(=O)NC1CCCCC/C=C/C2CC2(C(=O)NS(=O)(=O)C2CC2)NC(=O)C2C[C@@H](N3Cc4ccccc4C3)CN2C1=O. The van der Waals surface area contributed by atoms with Gasteiger partial charge in [-0.15, -0.1) is 0 Å². The Labute approximate surface area is 277 Å². The first-order valence-electron chi connectivity index (χ1n) is 16.9. The number of amides is 4. The summed E-state index contributed by atoms with van der Waals surface area (Å²) in [5.74, 6) is -1.96. The van der Waals surface area contributed by atoms with E-state index in [1.54, 1.807) is 25.7 Å². The number of nitrogens with one attached hydrogen (secondary N) is 3. The molecule has 0 spiro atoms. The van der Waals surface area contributed by atoms with Gasteiger partial charge >= 0.3 is 6.09 Å². The first-order valence-corrected chi connectivity index (χ1v) is 18.5. The van der Waals surface area contributed by atoms with E-state index >= 15 is 0 Å². The van der Waals surface area contributed by atoms with Crippen molar-refractivity contribution in [3.8, 4) is 0 Å². The molecule has 3 heterocycles. The van der Waals surface area contributed by atoms with Gasteiger partial charge in [-0.25, -0.2) is 13.2 Å². The first kappa shape index (κ1) is 33.5. The molecule has 47 heavy (non-hydrogen) atoms. The van der Waals surface area contributed by atoms with Crippen LogP contribution in [0.2, 0.25) is 0 Å². The Balaban J connectivity index is 1.28. The van der Waals surface area contributed by atoms with Gasteiger partial charge < -0.3 is 20.3 Å². The van der Waals surface area contributed by atoms with E-state index in [2.05, 4.69) is 32.4 Å². The van der Waals surface area contributed by atoms with Crippen LogP contribution in [0.25, 0.3) is 0 Å². The molecule has 1 aromatic carbocycles. The smallest absolute Gasteiger partial charge is 0.408 e. The minimum atomic E-state index is -3.83. The normalized spacial score (nSPS) is 30.9. The fourth-order valence-electron chi connectivity index (χ4n) is 7.11. The number of ether oxygens (including phenoxy) is 1. The second kappa shape index (κ2) is 12.9. The molecular weight excluding hydrogens is 622 g/mol. The van der Waals surface area contributed by atoms with E-state index in [1.807, 2.05) is 24.3 Å². The monoisotopic (exact) mass is 669 g/mol. The van der Waals surface area contributed by atoms with Crippen LogP contribution in [0.1, 0.15) is 89.7 Å². The Morgan fingerprint density at radius 2 is 1.72 bits per heavy atom. The molecule has 4 unspecified atom stereocenters. The standard InChI is InChI=1S/C34H47N5O7S/c1-33(2,3)46-32(43)35-27-14-8-6-4-5-7-13-24-18-34(24,31(42)37-47(44,45)26-15-16-26)36-29(40)28-17-25(21-39(28)30(27)41)38-19-22-11-9-10-12-23(22)20-38/h7,9-13,24-28H,4-6,8,14-21H2,1-3H3,(H,35,43)(H,36,40)(H,37,42)/b13-7+/t24?,25-,27?,28?,34?/m1/s1. The van der Waals surface area contributed by atoms with Crippen molar-refractivity contribution in [3.63, 3.8) is 0 Å². The fraction of sp³-hybridized carbons (Fsp3) is 0.647. The number of carbonyl (C=O) groups is 4. The van der Waals surface area contributed by atoms with E-state index in [-0.39, 0.29) is 30.8 Å². The van der Waals surface area contributed by atoms with Gasteiger partial charge in [0.15, 0.2) is 0 Å². The molecule has 3 aliphatic heterocycles. The number of rotatable bonds is 5. The minimum absolute atomic E-state index is 0.141. The number of nitrogens with zero attached hydrogens (tertiary/aromatic N) is 2. The second-order valence-electron chi connectivity index (χ2n) is 14.8. The van der Waals surface area contributed by atoms with Crippen LogP contribution in [0.3, 0.4) is 0 Å². The van der Waals surface area contributed by atoms with Crippen molar-refractivity contribution in [3.05, 3.63) is 47.5 Å². The average Bonchev–Trinajstić information content (AvgIpc) is 3.87. The van der Waals surface area contributed by atoms with Crippen molar-refractivity contribution >= 4 is 33.8 Å². The maximum absolute atomic E-state index is 14.4. The highest BCUT2D eigenvalue weighted by molar-refractivity contribution is 7.91. The Kier molecular flexibility index (Phi) is 9.16. The van der Waals surface area contributed by atoms with Crippen molar-refractivity contribution < 1.29 is 32.3 Å². The van der Waals surface area contributed by atoms with Crippen molar-refractivity contribution in [2.75, 3.05) is 6.54 Å². The zero-order valence-corrected chi connectivity index (χ0v) is 28.3. The lowest BCUT2D eigenvalue weighted by Crippen LogP contribution is -2.58. The Morgan fingerprint density at radius 1 is 1.02 bits per heavy atom. The summed E-state index contributed by atoms with van der Waals surface area (Å²) in [5.41, 5.74) is 0.240. The van der Waals surface area contributed by atoms with E-state index in [0.717, 1.165) is 19.3 Å². The van der Waals surface area contributed by atoms with Crippen molar-refractivity contribution in [2.45, 2.75) is 126 Å². The quantitative estimate of drug-likeness (QED) is 0.405. The van der Waals surface area contributed by atoms with Crippen LogP contribution in [-0.4, -0.2) is 83.1 Å². The molecule has 4 amide bonds. The summed E-state index contributed by atoms with van der Waals surface area (Å²) < 4.78 is 33.2. The minimum Gasteiger partial charge on any atom is -0.444 e. The summed E-state index contributed by atoms with van der Waals surface area (Å²) >= 11 is 0. The van der Waals surface area contributed by atoms with Crippen molar-refractivity contribution in [1.29, 1.82) is 0 Å². The summed E-state index contributed by atoms with van der Waals surface area (Å²) in [6.07, 6.45) is 8.26. The van der Waals surface area contributed by atoms with Gasteiger partial charge in [-0.3, -0.25) is 24.0 Å². The number of hydrogen-bond donors (Lipinski definition) is 3. The van der Waals surface area contributed by atoms with Gasteiger partial charge in [0.2, 0.25) is 21.8 Å². The molecule has 13 heteroatoms. The van der Waals surface area contributed by atoms with Crippen LogP contribution < -0.4 is 15.4 Å². The van der Waals surface area contributed by atoms with E-state index in [0.29, 0.717) is 45.2 Å². The molecule has 1 aromatic rings. The number of hydrogen-bond acceptors (Lipinski definition) is 8. The van der Waals surface area contributed by atoms with Gasteiger partial charge in [0.05, 0.1) is 5.25 Å². The molecule has 2 aliphatic carbocycles. The zero-order valence-electron chi connectivity index (χ0n) is 27.5. The molecule has 1 saturated heterocycles. The molecule has 2 saturated carbocycles. The van der Waals surface area contributed by atoms with Crippen LogP contribution in [0.4, 0.5) is 4.79 Å².